The second-order valence-electron chi connectivity index (χ2n) is 6.55. The third kappa shape index (κ3) is 4.04. The lowest BCUT2D eigenvalue weighted by Crippen LogP contribution is -2.37. The molecule has 1 aromatic rings. The van der Waals surface area contributed by atoms with E-state index in [4.69, 9.17) is 9.26 Å². The number of hydrogen-bond donors (Lipinski definition) is 1. The second-order valence-corrected chi connectivity index (χ2v) is 6.55. The van der Waals surface area contributed by atoms with Crippen LogP contribution in [0.5, 0.6) is 0 Å². The van der Waals surface area contributed by atoms with Crippen LogP contribution in [0, 0.1) is 5.92 Å². The fourth-order valence-corrected chi connectivity index (χ4v) is 2.91. The summed E-state index contributed by atoms with van der Waals surface area (Å²) in [5, 5.41) is 7.73. The molecule has 0 aromatic carbocycles. The van der Waals surface area contributed by atoms with Crippen molar-refractivity contribution in [1.82, 2.24) is 15.5 Å². The maximum absolute atomic E-state index is 5.61. The van der Waals surface area contributed by atoms with Crippen molar-refractivity contribution >= 4 is 0 Å². The monoisotopic (exact) mass is 295 g/mol. The number of nitrogens with zero attached hydrogens (tertiary/aromatic N) is 2. The molecule has 0 saturated heterocycles. The van der Waals surface area contributed by atoms with E-state index in [1.54, 1.807) is 7.11 Å². The van der Waals surface area contributed by atoms with Crippen LogP contribution in [0.4, 0.5) is 0 Å². The summed E-state index contributed by atoms with van der Waals surface area (Å²) in [6.45, 7) is 7.70. The lowest BCUT2D eigenvalue weighted by atomic mass is 9.79. The smallest absolute Gasteiger partial charge is 0.228 e. The van der Waals surface area contributed by atoms with Crippen molar-refractivity contribution in [2.75, 3.05) is 13.7 Å². The Morgan fingerprint density at radius 3 is 2.67 bits per heavy atom. The first-order valence-electron chi connectivity index (χ1n) is 8.21. The number of hydrogen-bond acceptors (Lipinski definition) is 5. The Morgan fingerprint density at radius 2 is 2.14 bits per heavy atom. The third-order valence-electron chi connectivity index (χ3n) is 4.29. The van der Waals surface area contributed by atoms with Gasteiger partial charge in [-0.3, -0.25) is 0 Å². The molecule has 5 nitrogen and oxygen atoms in total. The Hall–Kier alpha value is -0.940. The number of rotatable bonds is 9. The Labute approximate surface area is 127 Å². The van der Waals surface area contributed by atoms with Gasteiger partial charge in [-0.2, -0.15) is 4.98 Å². The zero-order valence-corrected chi connectivity index (χ0v) is 13.8. The average molecular weight is 295 g/mol. The SMILES string of the molecule is CCCNC(Cc1nc(C2(OC)CCC2)no1)CC(C)C. The fraction of sp³-hybridized carbons (Fsp3) is 0.875. The van der Waals surface area contributed by atoms with E-state index in [0.717, 1.165) is 50.4 Å². The molecule has 120 valence electrons. The maximum atomic E-state index is 5.61. The summed E-state index contributed by atoms with van der Waals surface area (Å²) < 4.78 is 11.1. The van der Waals surface area contributed by atoms with E-state index < -0.39 is 0 Å². The molecule has 1 heterocycles. The molecule has 1 N–H and O–H groups in total. The first-order chi connectivity index (χ1) is 10.1. The van der Waals surface area contributed by atoms with Crippen molar-refractivity contribution in [2.24, 2.45) is 5.92 Å². The van der Waals surface area contributed by atoms with E-state index in [1.807, 2.05) is 0 Å². The zero-order chi connectivity index (χ0) is 15.3. The van der Waals surface area contributed by atoms with Crippen molar-refractivity contribution in [3.63, 3.8) is 0 Å². The van der Waals surface area contributed by atoms with Crippen molar-refractivity contribution < 1.29 is 9.26 Å². The van der Waals surface area contributed by atoms with Crippen LogP contribution in [0.25, 0.3) is 0 Å². The van der Waals surface area contributed by atoms with Gasteiger partial charge in [0.25, 0.3) is 0 Å². The number of aromatic nitrogens is 2. The van der Waals surface area contributed by atoms with Crippen molar-refractivity contribution in [3.8, 4) is 0 Å². The molecule has 0 radical (unpaired) electrons. The molecule has 1 fully saturated rings. The summed E-state index contributed by atoms with van der Waals surface area (Å²) in [7, 11) is 1.74. The fourth-order valence-electron chi connectivity index (χ4n) is 2.91. The molecule has 1 aliphatic carbocycles. The van der Waals surface area contributed by atoms with Gasteiger partial charge in [-0.15, -0.1) is 0 Å². The molecule has 2 rings (SSSR count). The van der Waals surface area contributed by atoms with Gasteiger partial charge in [0.2, 0.25) is 11.7 Å². The van der Waals surface area contributed by atoms with E-state index in [9.17, 15) is 0 Å². The number of ether oxygens (including phenoxy) is 1. The maximum Gasteiger partial charge on any atom is 0.228 e. The molecule has 1 unspecified atom stereocenters. The van der Waals surface area contributed by atoms with Gasteiger partial charge in [0.15, 0.2) is 0 Å². The predicted molar refractivity (Wildman–Crippen MR) is 82.1 cm³/mol. The molecule has 1 aromatic heterocycles. The standard InChI is InChI=1S/C16H29N3O2/c1-5-9-17-13(10-12(2)3)11-14-18-15(19-21-14)16(20-4)7-6-8-16/h12-13,17H,5-11H2,1-4H3. The Bertz CT molecular complexity index is 421. The summed E-state index contributed by atoms with van der Waals surface area (Å²) in [5.74, 6) is 2.10. The highest BCUT2D eigenvalue weighted by atomic mass is 16.5. The molecule has 1 atom stereocenters. The van der Waals surface area contributed by atoms with Crippen LogP contribution in [-0.2, 0) is 16.8 Å². The second kappa shape index (κ2) is 7.36. The highest BCUT2D eigenvalue weighted by Gasteiger charge is 2.43. The summed E-state index contributed by atoms with van der Waals surface area (Å²) in [5.41, 5.74) is -0.286. The van der Waals surface area contributed by atoms with Crippen LogP contribution in [0.15, 0.2) is 4.52 Å². The van der Waals surface area contributed by atoms with E-state index >= 15 is 0 Å². The van der Waals surface area contributed by atoms with Crippen LogP contribution >= 0.6 is 0 Å². The lowest BCUT2D eigenvalue weighted by Gasteiger charge is -2.37. The van der Waals surface area contributed by atoms with Gasteiger partial charge in [-0.05, 0) is 44.6 Å². The Morgan fingerprint density at radius 1 is 1.38 bits per heavy atom. The quantitative estimate of drug-likeness (QED) is 0.758. The molecule has 1 saturated carbocycles. The van der Waals surface area contributed by atoms with Gasteiger partial charge in [0, 0.05) is 19.6 Å². The van der Waals surface area contributed by atoms with E-state index in [1.165, 1.54) is 6.42 Å². The van der Waals surface area contributed by atoms with E-state index in [0.29, 0.717) is 12.0 Å². The summed E-state index contributed by atoms with van der Waals surface area (Å²) in [6.07, 6.45) is 6.21. The zero-order valence-electron chi connectivity index (χ0n) is 13.8. The largest absolute Gasteiger partial charge is 0.370 e. The minimum atomic E-state index is -0.286. The van der Waals surface area contributed by atoms with Crippen LogP contribution < -0.4 is 5.32 Å². The van der Waals surface area contributed by atoms with Crippen LogP contribution in [0.1, 0.15) is 64.6 Å². The Kier molecular flexibility index (Phi) is 5.76. The number of methoxy groups -OCH3 is 1. The molecule has 0 spiro atoms. The normalized spacial score (nSPS) is 18.7. The lowest BCUT2D eigenvalue weighted by molar-refractivity contribution is -0.0858. The summed E-state index contributed by atoms with van der Waals surface area (Å²) in [6, 6.07) is 0.401. The van der Waals surface area contributed by atoms with Gasteiger partial charge in [0.1, 0.15) is 5.60 Å². The van der Waals surface area contributed by atoms with Crippen LogP contribution in [-0.4, -0.2) is 29.8 Å². The summed E-state index contributed by atoms with van der Waals surface area (Å²) >= 11 is 0. The highest BCUT2D eigenvalue weighted by Crippen LogP contribution is 2.42. The molecule has 0 bridgehead atoms. The molecule has 0 amide bonds. The molecular formula is C16H29N3O2. The predicted octanol–water partition coefficient (Wildman–Crippen LogP) is 3.05. The van der Waals surface area contributed by atoms with Crippen LogP contribution in [0.3, 0.4) is 0 Å². The van der Waals surface area contributed by atoms with E-state index in [-0.39, 0.29) is 5.60 Å². The molecule has 0 aliphatic heterocycles. The van der Waals surface area contributed by atoms with Gasteiger partial charge < -0.3 is 14.6 Å². The van der Waals surface area contributed by atoms with Crippen molar-refractivity contribution in [3.05, 3.63) is 11.7 Å². The molecule has 5 heteroatoms. The Balaban J connectivity index is 1.98. The first-order valence-corrected chi connectivity index (χ1v) is 8.21. The first kappa shape index (κ1) is 16.4. The molecule has 21 heavy (non-hydrogen) atoms. The van der Waals surface area contributed by atoms with E-state index in [2.05, 4.69) is 36.2 Å². The van der Waals surface area contributed by atoms with Gasteiger partial charge in [0.05, 0.1) is 0 Å². The molecule has 1 aliphatic rings. The average Bonchev–Trinajstić information content (AvgIpc) is 2.83. The minimum absolute atomic E-state index is 0.286. The van der Waals surface area contributed by atoms with Gasteiger partial charge >= 0.3 is 0 Å². The van der Waals surface area contributed by atoms with Crippen LogP contribution in [0.2, 0.25) is 0 Å². The van der Waals surface area contributed by atoms with Gasteiger partial charge in [-0.25, -0.2) is 0 Å². The van der Waals surface area contributed by atoms with Gasteiger partial charge in [-0.1, -0.05) is 25.9 Å². The minimum Gasteiger partial charge on any atom is -0.370 e. The van der Waals surface area contributed by atoms with Crippen molar-refractivity contribution in [2.45, 2.75) is 70.9 Å². The summed E-state index contributed by atoms with van der Waals surface area (Å²) in [4.78, 5) is 4.59. The third-order valence-corrected chi connectivity index (χ3v) is 4.29. The van der Waals surface area contributed by atoms with Crippen molar-refractivity contribution in [1.29, 1.82) is 0 Å². The highest BCUT2D eigenvalue weighted by molar-refractivity contribution is 5.07. The number of nitrogens with one attached hydrogen (secondary N) is 1. The topological polar surface area (TPSA) is 60.2 Å². The molecular weight excluding hydrogens is 266 g/mol.